The number of allylic oxidation sites excluding steroid dienone is 1. The lowest BCUT2D eigenvalue weighted by atomic mass is 10.0. The molecule has 0 heterocycles. The summed E-state index contributed by atoms with van der Waals surface area (Å²) in [4.78, 5) is 12.3. The quantitative estimate of drug-likeness (QED) is 0.604. The second-order valence-corrected chi connectivity index (χ2v) is 6.41. The predicted molar refractivity (Wildman–Crippen MR) is 106 cm³/mol. The number of carbonyl (C=O) groups is 1. The summed E-state index contributed by atoms with van der Waals surface area (Å²) in [5.74, 6) is 0.228. The van der Waals surface area contributed by atoms with E-state index in [0.29, 0.717) is 29.7 Å². The maximum Gasteiger partial charge on any atom is 0.417 e. The van der Waals surface area contributed by atoms with E-state index in [-0.39, 0.29) is 5.56 Å². The highest BCUT2D eigenvalue weighted by Crippen LogP contribution is 2.34. The minimum absolute atomic E-state index is 0.0677. The first-order chi connectivity index (χ1) is 13.8. The molecule has 0 saturated carbocycles. The molecule has 0 saturated heterocycles. The van der Waals surface area contributed by atoms with Crippen molar-refractivity contribution < 1.29 is 27.4 Å². The van der Waals surface area contributed by atoms with Crippen molar-refractivity contribution in [3.63, 3.8) is 0 Å². The molecule has 7 heteroatoms. The summed E-state index contributed by atoms with van der Waals surface area (Å²) in [6.07, 6.45) is -3.22. The topological polar surface area (TPSA) is 47.6 Å². The third-order valence-corrected chi connectivity index (χ3v) is 4.17. The fourth-order valence-corrected chi connectivity index (χ4v) is 2.70. The average molecular weight is 407 g/mol. The zero-order valence-corrected chi connectivity index (χ0v) is 16.5. The lowest BCUT2D eigenvalue weighted by molar-refractivity contribution is -0.117. The summed E-state index contributed by atoms with van der Waals surface area (Å²) in [5.41, 5.74) is -0.383. The van der Waals surface area contributed by atoms with E-state index in [9.17, 15) is 18.0 Å². The van der Waals surface area contributed by atoms with Crippen molar-refractivity contribution in [2.45, 2.75) is 32.5 Å². The summed E-state index contributed by atoms with van der Waals surface area (Å²) in [5, 5.41) is 2.57. The Morgan fingerprint density at radius 2 is 1.83 bits per heavy atom. The van der Waals surface area contributed by atoms with Gasteiger partial charge in [-0.1, -0.05) is 43.3 Å². The molecule has 29 heavy (non-hydrogen) atoms. The number of benzene rings is 2. The van der Waals surface area contributed by atoms with E-state index in [1.165, 1.54) is 31.4 Å². The lowest BCUT2D eigenvalue weighted by Crippen LogP contribution is -2.26. The number of amides is 1. The number of halogens is 3. The number of alkyl halides is 3. The third kappa shape index (κ3) is 6.27. The fraction of sp³-hybridized carbons (Fsp3) is 0.318. The van der Waals surface area contributed by atoms with E-state index >= 15 is 0 Å². The van der Waals surface area contributed by atoms with Crippen LogP contribution >= 0.6 is 0 Å². The standard InChI is InChI=1S/C22H24F3NO3/c1-4-12-29-19-11-10-17(13-20(19)28-3)15(2)26-21(27)14-18(22(23,24)25)16-8-6-5-7-9-16/h5-11,13-15H,4,12H2,1-3H3,(H,26,27)/b18-14-. The Morgan fingerprint density at radius 3 is 2.41 bits per heavy atom. The molecule has 2 aromatic rings. The Morgan fingerprint density at radius 1 is 1.14 bits per heavy atom. The van der Waals surface area contributed by atoms with Gasteiger partial charge < -0.3 is 14.8 Å². The minimum Gasteiger partial charge on any atom is -0.493 e. The molecule has 0 bridgehead atoms. The van der Waals surface area contributed by atoms with Gasteiger partial charge in [0.25, 0.3) is 0 Å². The molecule has 0 fully saturated rings. The number of hydrogen-bond acceptors (Lipinski definition) is 3. The number of carbonyl (C=O) groups excluding carboxylic acids is 1. The molecule has 0 spiro atoms. The molecule has 1 unspecified atom stereocenters. The Bertz CT molecular complexity index is 848. The van der Waals surface area contributed by atoms with E-state index in [1.807, 2.05) is 6.92 Å². The van der Waals surface area contributed by atoms with Crippen LogP contribution in [-0.4, -0.2) is 25.8 Å². The van der Waals surface area contributed by atoms with Gasteiger partial charge in [-0.05, 0) is 36.6 Å². The number of methoxy groups -OCH3 is 1. The SMILES string of the molecule is CCCOc1ccc(C(C)NC(=O)/C=C(/c2ccccc2)C(F)(F)F)cc1OC. The van der Waals surface area contributed by atoms with E-state index in [2.05, 4.69) is 5.32 Å². The van der Waals surface area contributed by atoms with E-state index in [0.717, 1.165) is 6.42 Å². The maximum absolute atomic E-state index is 13.4. The molecule has 1 atom stereocenters. The molecule has 4 nitrogen and oxygen atoms in total. The molecule has 156 valence electrons. The van der Waals surface area contributed by atoms with Crippen molar-refractivity contribution in [2.24, 2.45) is 0 Å². The molecule has 0 aliphatic carbocycles. The maximum atomic E-state index is 13.4. The van der Waals surface area contributed by atoms with Crippen LogP contribution in [0.3, 0.4) is 0 Å². The van der Waals surface area contributed by atoms with Crippen LogP contribution in [0.1, 0.15) is 37.4 Å². The highest BCUT2D eigenvalue weighted by Gasteiger charge is 2.35. The summed E-state index contributed by atoms with van der Waals surface area (Å²) in [7, 11) is 1.50. The molecule has 1 N–H and O–H groups in total. The van der Waals surface area contributed by atoms with Gasteiger partial charge >= 0.3 is 6.18 Å². The van der Waals surface area contributed by atoms with Crippen LogP contribution in [0.15, 0.2) is 54.6 Å². The second-order valence-electron chi connectivity index (χ2n) is 6.41. The van der Waals surface area contributed by atoms with Gasteiger partial charge in [-0.2, -0.15) is 13.2 Å². The van der Waals surface area contributed by atoms with Crippen LogP contribution < -0.4 is 14.8 Å². The van der Waals surface area contributed by atoms with Gasteiger partial charge in [-0.3, -0.25) is 4.79 Å². The van der Waals surface area contributed by atoms with Gasteiger partial charge in [0, 0.05) is 6.08 Å². The van der Waals surface area contributed by atoms with Gasteiger partial charge in [0.05, 0.1) is 25.3 Å². The molecular formula is C22H24F3NO3. The van der Waals surface area contributed by atoms with Crippen molar-refractivity contribution in [2.75, 3.05) is 13.7 Å². The summed E-state index contributed by atoms with van der Waals surface area (Å²) < 4.78 is 51.1. The Labute approximate surface area is 168 Å². The van der Waals surface area contributed by atoms with Gasteiger partial charge in [0.15, 0.2) is 11.5 Å². The van der Waals surface area contributed by atoms with Crippen molar-refractivity contribution in [3.05, 3.63) is 65.7 Å². The largest absolute Gasteiger partial charge is 0.493 e. The van der Waals surface area contributed by atoms with Crippen LogP contribution in [0.25, 0.3) is 5.57 Å². The summed E-state index contributed by atoms with van der Waals surface area (Å²) >= 11 is 0. The Balaban J connectivity index is 2.19. The fourth-order valence-electron chi connectivity index (χ4n) is 2.70. The zero-order chi connectivity index (χ0) is 21.4. The molecule has 0 aromatic heterocycles. The number of hydrogen-bond donors (Lipinski definition) is 1. The van der Waals surface area contributed by atoms with Crippen molar-refractivity contribution in [1.29, 1.82) is 0 Å². The van der Waals surface area contributed by atoms with Gasteiger partial charge in [-0.15, -0.1) is 0 Å². The van der Waals surface area contributed by atoms with Crippen LogP contribution in [-0.2, 0) is 4.79 Å². The van der Waals surface area contributed by atoms with Crippen LogP contribution in [0.2, 0.25) is 0 Å². The van der Waals surface area contributed by atoms with Crippen LogP contribution in [0.4, 0.5) is 13.2 Å². The van der Waals surface area contributed by atoms with E-state index in [1.54, 1.807) is 31.2 Å². The first-order valence-corrected chi connectivity index (χ1v) is 9.21. The summed E-state index contributed by atoms with van der Waals surface area (Å²) in [6, 6.07) is 11.8. The Kier molecular flexibility index (Phi) is 7.70. The molecule has 0 radical (unpaired) electrons. The monoisotopic (exact) mass is 407 g/mol. The number of nitrogens with one attached hydrogen (secondary N) is 1. The third-order valence-electron chi connectivity index (χ3n) is 4.17. The predicted octanol–water partition coefficient (Wildman–Crippen LogP) is 5.31. The highest BCUT2D eigenvalue weighted by molar-refractivity contribution is 5.96. The molecule has 2 rings (SSSR count). The van der Waals surface area contributed by atoms with E-state index in [4.69, 9.17) is 9.47 Å². The van der Waals surface area contributed by atoms with Gasteiger partial charge in [0.1, 0.15) is 0 Å². The molecule has 2 aromatic carbocycles. The molecular weight excluding hydrogens is 383 g/mol. The Hall–Kier alpha value is -2.96. The highest BCUT2D eigenvalue weighted by atomic mass is 19.4. The average Bonchev–Trinajstić information content (AvgIpc) is 2.70. The first-order valence-electron chi connectivity index (χ1n) is 9.21. The van der Waals surface area contributed by atoms with Gasteiger partial charge in [0.2, 0.25) is 5.91 Å². The first kappa shape index (κ1) is 22.3. The van der Waals surface area contributed by atoms with Crippen molar-refractivity contribution in [1.82, 2.24) is 5.32 Å². The van der Waals surface area contributed by atoms with Crippen LogP contribution in [0.5, 0.6) is 11.5 Å². The molecule has 0 aliphatic heterocycles. The van der Waals surface area contributed by atoms with Crippen molar-refractivity contribution in [3.8, 4) is 11.5 Å². The molecule has 0 aliphatic rings. The molecule has 1 amide bonds. The van der Waals surface area contributed by atoms with Crippen molar-refractivity contribution >= 4 is 11.5 Å². The smallest absolute Gasteiger partial charge is 0.417 e. The van der Waals surface area contributed by atoms with Crippen LogP contribution in [0, 0.1) is 0 Å². The summed E-state index contributed by atoms with van der Waals surface area (Å²) in [6.45, 7) is 4.20. The normalized spacial score (nSPS) is 13.0. The van der Waals surface area contributed by atoms with E-state index < -0.39 is 23.7 Å². The minimum atomic E-state index is -4.65. The number of ether oxygens (including phenoxy) is 2. The zero-order valence-electron chi connectivity index (χ0n) is 16.5. The lowest BCUT2D eigenvalue weighted by Gasteiger charge is -2.17. The van der Waals surface area contributed by atoms with Gasteiger partial charge in [-0.25, -0.2) is 0 Å². The second kappa shape index (κ2) is 10.0. The number of rotatable bonds is 8.